The Hall–Kier alpha value is -1.65. The van der Waals surface area contributed by atoms with E-state index in [2.05, 4.69) is 21.8 Å². The first-order valence-corrected chi connectivity index (χ1v) is 5.54. The van der Waals surface area contributed by atoms with Crippen LogP contribution < -0.4 is 4.90 Å². The number of carbonyl (C=O) groups is 1. The smallest absolute Gasteiger partial charge is 0.356 e. The molecule has 16 heavy (non-hydrogen) atoms. The van der Waals surface area contributed by atoms with Crippen molar-refractivity contribution in [3.63, 3.8) is 0 Å². The van der Waals surface area contributed by atoms with Crippen molar-refractivity contribution in [1.29, 1.82) is 0 Å². The largest absolute Gasteiger partial charge is 0.476 e. The summed E-state index contributed by atoms with van der Waals surface area (Å²) in [7, 11) is 0. The fourth-order valence-corrected chi connectivity index (χ4v) is 2.16. The van der Waals surface area contributed by atoms with Crippen LogP contribution in [0.2, 0.25) is 0 Å². The van der Waals surface area contributed by atoms with Gasteiger partial charge in [0.1, 0.15) is 5.82 Å². The molecule has 1 aromatic rings. The van der Waals surface area contributed by atoms with Crippen LogP contribution in [0, 0.1) is 0 Å². The third-order valence-corrected chi connectivity index (χ3v) is 2.98. The maximum atomic E-state index is 10.8. The molecule has 0 saturated carbocycles. The van der Waals surface area contributed by atoms with Crippen LogP contribution in [0.15, 0.2) is 12.4 Å². The van der Waals surface area contributed by atoms with E-state index in [9.17, 15) is 4.79 Å². The molecular formula is C11H15N3O2. The number of aromatic carboxylic acids is 1. The maximum absolute atomic E-state index is 10.8. The molecule has 0 amide bonds. The fraction of sp³-hybridized carbons (Fsp3) is 0.545. The molecule has 1 aliphatic rings. The molecule has 5 nitrogen and oxygen atoms in total. The van der Waals surface area contributed by atoms with E-state index < -0.39 is 5.97 Å². The zero-order valence-corrected chi connectivity index (χ0v) is 9.26. The lowest BCUT2D eigenvalue weighted by molar-refractivity contribution is 0.0690. The molecule has 1 atom stereocenters. The minimum Gasteiger partial charge on any atom is -0.476 e. The number of aromatic nitrogens is 2. The molecule has 2 heterocycles. The van der Waals surface area contributed by atoms with E-state index in [-0.39, 0.29) is 5.69 Å². The molecule has 86 valence electrons. The molecule has 0 aliphatic carbocycles. The van der Waals surface area contributed by atoms with Gasteiger partial charge in [-0.2, -0.15) is 0 Å². The molecule has 1 saturated heterocycles. The summed E-state index contributed by atoms with van der Waals surface area (Å²) >= 11 is 0. The lowest BCUT2D eigenvalue weighted by atomic mass is 10.2. The molecule has 0 radical (unpaired) electrons. The lowest BCUT2D eigenvalue weighted by Crippen LogP contribution is -2.29. The van der Waals surface area contributed by atoms with Gasteiger partial charge in [0.15, 0.2) is 5.69 Å². The van der Waals surface area contributed by atoms with E-state index in [1.165, 1.54) is 6.20 Å². The van der Waals surface area contributed by atoms with Crippen molar-refractivity contribution in [3.05, 3.63) is 18.1 Å². The van der Waals surface area contributed by atoms with Crippen LogP contribution in [0.3, 0.4) is 0 Å². The number of carboxylic acid groups (broad SMARTS) is 1. The van der Waals surface area contributed by atoms with Crippen LogP contribution in [-0.2, 0) is 0 Å². The van der Waals surface area contributed by atoms with Crippen molar-refractivity contribution in [2.45, 2.75) is 32.2 Å². The van der Waals surface area contributed by atoms with E-state index in [1.807, 2.05) is 0 Å². The monoisotopic (exact) mass is 221 g/mol. The first-order valence-electron chi connectivity index (χ1n) is 5.54. The summed E-state index contributed by atoms with van der Waals surface area (Å²) in [5, 5.41) is 8.85. The van der Waals surface area contributed by atoms with Crippen molar-refractivity contribution in [2.75, 3.05) is 11.4 Å². The second kappa shape index (κ2) is 4.47. The van der Waals surface area contributed by atoms with Gasteiger partial charge < -0.3 is 10.0 Å². The van der Waals surface area contributed by atoms with Gasteiger partial charge in [-0.15, -0.1) is 0 Å². The average molecular weight is 221 g/mol. The van der Waals surface area contributed by atoms with Gasteiger partial charge in [0.25, 0.3) is 0 Å². The number of anilines is 1. The average Bonchev–Trinajstić information content (AvgIpc) is 2.77. The van der Waals surface area contributed by atoms with Gasteiger partial charge in [0.2, 0.25) is 0 Å². The van der Waals surface area contributed by atoms with Crippen LogP contribution in [0.4, 0.5) is 5.82 Å². The second-order valence-corrected chi connectivity index (χ2v) is 3.97. The highest BCUT2D eigenvalue weighted by molar-refractivity contribution is 5.85. The van der Waals surface area contributed by atoms with Gasteiger partial charge in [-0.05, 0) is 19.3 Å². The molecule has 1 fully saturated rings. The number of rotatable bonds is 3. The van der Waals surface area contributed by atoms with Gasteiger partial charge in [-0.3, -0.25) is 4.98 Å². The summed E-state index contributed by atoms with van der Waals surface area (Å²) in [6.45, 7) is 3.08. The molecule has 5 heteroatoms. The highest BCUT2D eigenvalue weighted by Crippen LogP contribution is 2.25. The Bertz CT molecular complexity index is 395. The minimum absolute atomic E-state index is 0.0132. The molecule has 0 aromatic carbocycles. The Morgan fingerprint density at radius 3 is 3.12 bits per heavy atom. The summed E-state index contributed by atoms with van der Waals surface area (Å²) in [4.78, 5) is 21.0. The predicted molar refractivity (Wildman–Crippen MR) is 59.7 cm³/mol. The molecule has 1 aliphatic heterocycles. The molecular weight excluding hydrogens is 206 g/mol. The fourth-order valence-electron chi connectivity index (χ4n) is 2.16. The third kappa shape index (κ3) is 1.98. The Morgan fingerprint density at radius 2 is 2.44 bits per heavy atom. The Labute approximate surface area is 94.1 Å². The van der Waals surface area contributed by atoms with Crippen LogP contribution in [0.25, 0.3) is 0 Å². The molecule has 0 spiro atoms. The van der Waals surface area contributed by atoms with Gasteiger partial charge in [0, 0.05) is 12.6 Å². The van der Waals surface area contributed by atoms with Crippen LogP contribution in [-0.4, -0.2) is 33.6 Å². The molecule has 1 aromatic heterocycles. The summed E-state index contributed by atoms with van der Waals surface area (Å²) < 4.78 is 0. The summed E-state index contributed by atoms with van der Waals surface area (Å²) in [5.41, 5.74) is 0.0132. The van der Waals surface area contributed by atoms with E-state index in [0.717, 1.165) is 25.8 Å². The lowest BCUT2D eigenvalue weighted by Gasteiger charge is -2.24. The predicted octanol–water partition coefficient (Wildman–Crippen LogP) is 1.55. The van der Waals surface area contributed by atoms with Crippen LogP contribution in [0.5, 0.6) is 0 Å². The number of hydrogen-bond donors (Lipinski definition) is 1. The Kier molecular flexibility index (Phi) is 3.03. The first kappa shape index (κ1) is 10.9. The second-order valence-electron chi connectivity index (χ2n) is 3.97. The van der Waals surface area contributed by atoms with Crippen molar-refractivity contribution in [3.8, 4) is 0 Å². The Balaban J connectivity index is 2.26. The number of nitrogens with zero attached hydrogens (tertiary/aromatic N) is 3. The topological polar surface area (TPSA) is 66.3 Å². The van der Waals surface area contributed by atoms with E-state index in [1.54, 1.807) is 6.20 Å². The minimum atomic E-state index is -1.03. The molecule has 0 bridgehead atoms. The van der Waals surface area contributed by atoms with Gasteiger partial charge >= 0.3 is 5.97 Å². The Morgan fingerprint density at radius 1 is 1.62 bits per heavy atom. The van der Waals surface area contributed by atoms with E-state index in [0.29, 0.717) is 11.9 Å². The van der Waals surface area contributed by atoms with Gasteiger partial charge in [-0.1, -0.05) is 6.92 Å². The summed E-state index contributed by atoms with van der Waals surface area (Å²) in [6.07, 6.45) is 6.26. The molecule has 2 rings (SSSR count). The zero-order chi connectivity index (χ0) is 11.5. The van der Waals surface area contributed by atoms with Gasteiger partial charge in [-0.25, -0.2) is 9.78 Å². The SMILES string of the molecule is CCC1CCCN1c1cncc(C(=O)O)n1. The standard InChI is InChI=1S/C11H15N3O2/c1-2-8-4-3-5-14(8)10-7-12-6-9(13-10)11(15)16/h6-8H,2-5H2,1H3,(H,15,16). The summed E-state index contributed by atoms with van der Waals surface area (Å²) in [6, 6.07) is 0.471. The highest BCUT2D eigenvalue weighted by Gasteiger charge is 2.24. The van der Waals surface area contributed by atoms with Crippen molar-refractivity contribution >= 4 is 11.8 Å². The van der Waals surface area contributed by atoms with E-state index >= 15 is 0 Å². The quantitative estimate of drug-likeness (QED) is 0.838. The van der Waals surface area contributed by atoms with Crippen molar-refractivity contribution < 1.29 is 9.90 Å². The third-order valence-electron chi connectivity index (χ3n) is 2.98. The normalized spacial score (nSPS) is 20.1. The van der Waals surface area contributed by atoms with Crippen molar-refractivity contribution in [1.82, 2.24) is 9.97 Å². The number of carboxylic acids is 1. The van der Waals surface area contributed by atoms with Gasteiger partial charge in [0.05, 0.1) is 12.4 Å². The van der Waals surface area contributed by atoms with Crippen LogP contribution in [0.1, 0.15) is 36.7 Å². The molecule has 1 unspecified atom stereocenters. The summed E-state index contributed by atoms with van der Waals surface area (Å²) in [5.74, 6) is -0.342. The zero-order valence-electron chi connectivity index (χ0n) is 9.26. The number of hydrogen-bond acceptors (Lipinski definition) is 4. The van der Waals surface area contributed by atoms with E-state index in [4.69, 9.17) is 5.11 Å². The first-order chi connectivity index (χ1) is 7.72. The molecule has 1 N–H and O–H groups in total. The van der Waals surface area contributed by atoms with Crippen LogP contribution >= 0.6 is 0 Å². The van der Waals surface area contributed by atoms with Crippen molar-refractivity contribution in [2.24, 2.45) is 0 Å². The highest BCUT2D eigenvalue weighted by atomic mass is 16.4. The maximum Gasteiger partial charge on any atom is 0.356 e.